The second-order valence-electron chi connectivity index (χ2n) is 8.27. The van der Waals surface area contributed by atoms with E-state index in [9.17, 15) is 14.4 Å². The highest BCUT2D eigenvalue weighted by Gasteiger charge is 2.25. The Bertz CT molecular complexity index is 595. The summed E-state index contributed by atoms with van der Waals surface area (Å²) in [5, 5.41) is 2.69. The third-order valence-corrected chi connectivity index (χ3v) is 3.00. The maximum Gasteiger partial charge on any atom is 0.322 e. The quantitative estimate of drug-likeness (QED) is 0.324. The van der Waals surface area contributed by atoms with E-state index in [2.05, 4.69) is 29.3 Å². The second kappa shape index (κ2) is 10.7. The molecule has 0 aliphatic carbocycles. The SMILES string of the molecule is C=C/C=C(\C=C)C(NC(=O)CC(C)(C)C)C(=O)NNCC(=O)OC(C)(C)C. The summed E-state index contributed by atoms with van der Waals surface area (Å²) in [6.45, 7) is 18.1. The van der Waals surface area contributed by atoms with E-state index in [4.69, 9.17) is 4.74 Å². The van der Waals surface area contributed by atoms with Crippen LogP contribution in [0.3, 0.4) is 0 Å². The Labute approximate surface area is 162 Å². The molecule has 2 amide bonds. The largest absolute Gasteiger partial charge is 0.459 e. The zero-order valence-corrected chi connectivity index (χ0v) is 17.3. The number of carbonyl (C=O) groups is 3. The van der Waals surface area contributed by atoms with Gasteiger partial charge in [0.25, 0.3) is 5.91 Å². The van der Waals surface area contributed by atoms with Crippen molar-refractivity contribution in [2.45, 2.75) is 59.6 Å². The predicted octanol–water partition coefficient (Wildman–Crippen LogP) is 2.17. The highest BCUT2D eigenvalue weighted by molar-refractivity contribution is 5.91. The third kappa shape index (κ3) is 11.8. The zero-order chi connectivity index (χ0) is 21.3. The predicted molar refractivity (Wildman–Crippen MR) is 106 cm³/mol. The smallest absolute Gasteiger partial charge is 0.322 e. The second-order valence-corrected chi connectivity index (χ2v) is 8.27. The van der Waals surface area contributed by atoms with Crippen molar-refractivity contribution in [1.29, 1.82) is 0 Å². The maximum absolute atomic E-state index is 12.5. The lowest BCUT2D eigenvalue weighted by atomic mass is 9.91. The highest BCUT2D eigenvalue weighted by Crippen LogP contribution is 2.18. The summed E-state index contributed by atoms with van der Waals surface area (Å²) in [5.74, 6) is -1.32. The summed E-state index contributed by atoms with van der Waals surface area (Å²) in [6, 6.07) is -0.971. The van der Waals surface area contributed by atoms with Crippen molar-refractivity contribution >= 4 is 17.8 Å². The van der Waals surface area contributed by atoms with E-state index >= 15 is 0 Å². The molecule has 152 valence electrons. The molecule has 0 fully saturated rings. The van der Waals surface area contributed by atoms with Gasteiger partial charge in [0, 0.05) is 6.42 Å². The minimum absolute atomic E-state index is 0.208. The van der Waals surface area contributed by atoms with Crippen LogP contribution in [0.1, 0.15) is 48.0 Å². The maximum atomic E-state index is 12.5. The monoisotopic (exact) mass is 379 g/mol. The number of hydrogen-bond donors (Lipinski definition) is 3. The first kappa shape index (κ1) is 24.6. The molecule has 0 radical (unpaired) electrons. The van der Waals surface area contributed by atoms with E-state index in [1.807, 2.05) is 20.8 Å². The number of hydrazine groups is 1. The van der Waals surface area contributed by atoms with Gasteiger partial charge in [0.05, 0.1) is 0 Å². The van der Waals surface area contributed by atoms with Crippen molar-refractivity contribution in [2.24, 2.45) is 5.41 Å². The van der Waals surface area contributed by atoms with Crippen LogP contribution in [-0.2, 0) is 19.1 Å². The van der Waals surface area contributed by atoms with Gasteiger partial charge in [0.2, 0.25) is 5.91 Å². The molecule has 0 aliphatic heterocycles. The summed E-state index contributed by atoms with van der Waals surface area (Å²) in [7, 11) is 0. The van der Waals surface area contributed by atoms with Gasteiger partial charge in [0.1, 0.15) is 18.2 Å². The van der Waals surface area contributed by atoms with Crippen LogP contribution in [0.15, 0.2) is 37.0 Å². The van der Waals surface area contributed by atoms with Gasteiger partial charge in [-0.3, -0.25) is 19.8 Å². The molecule has 0 saturated heterocycles. The van der Waals surface area contributed by atoms with Gasteiger partial charge < -0.3 is 10.1 Å². The lowest BCUT2D eigenvalue weighted by molar-refractivity contribution is -0.153. The minimum Gasteiger partial charge on any atom is -0.459 e. The van der Waals surface area contributed by atoms with Crippen LogP contribution in [0.25, 0.3) is 0 Å². The van der Waals surface area contributed by atoms with Crippen LogP contribution in [0, 0.1) is 5.41 Å². The fraction of sp³-hybridized carbons (Fsp3) is 0.550. The van der Waals surface area contributed by atoms with Crippen molar-refractivity contribution in [3.63, 3.8) is 0 Å². The normalized spacial score (nSPS) is 13.3. The van der Waals surface area contributed by atoms with Crippen LogP contribution in [0.4, 0.5) is 0 Å². The molecule has 27 heavy (non-hydrogen) atoms. The topological polar surface area (TPSA) is 96.5 Å². The summed E-state index contributed by atoms with van der Waals surface area (Å²) in [6.07, 6.45) is 4.81. The minimum atomic E-state index is -0.971. The van der Waals surface area contributed by atoms with E-state index in [0.29, 0.717) is 5.57 Å². The number of carbonyl (C=O) groups excluding carboxylic acids is 3. The first-order valence-electron chi connectivity index (χ1n) is 8.78. The van der Waals surface area contributed by atoms with Gasteiger partial charge in [-0.15, -0.1) is 0 Å². The number of ether oxygens (including phenoxy) is 1. The molecular formula is C20H33N3O4. The standard InChI is InChI=1S/C20H33N3O4/c1-9-11-14(10-2)17(22-15(24)12-19(3,4)5)18(26)23-21-13-16(25)27-20(6,7)8/h9-11,17,21H,1-2,12-13H2,3-8H3,(H,22,24)(H,23,26)/b14-11+. The zero-order valence-electron chi connectivity index (χ0n) is 17.3. The van der Waals surface area contributed by atoms with E-state index in [1.165, 1.54) is 12.2 Å². The van der Waals surface area contributed by atoms with Crippen LogP contribution in [0.2, 0.25) is 0 Å². The molecule has 1 atom stereocenters. The lowest BCUT2D eigenvalue weighted by Crippen LogP contribution is -2.53. The van der Waals surface area contributed by atoms with E-state index in [-0.39, 0.29) is 24.3 Å². The molecule has 0 aliphatic rings. The van der Waals surface area contributed by atoms with Gasteiger partial charge in [-0.2, -0.15) is 0 Å². The molecule has 7 nitrogen and oxygen atoms in total. The molecule has 0 aromatic rings. The lowest BCUT2D eigenvalue weighted by Gasteiger charge is -2.23. The van der Waals surface area contributed by atoms with Crippen LogP contribution in [-0.4, -0.2) is 36.0 Å². The van der Waals surface area contributed by atoms with Crippen molar-refractivity contribution in [2.75, 3.05) is 6.54 Å². The summed E-state index contributed by atoms with van der Waals surface area (Å²) < 4.78 is 5.14. The van der Waals surface area contributed by atoms with Crippen molar-refractivity contribution in [3.05, 3.63) is 37.0 Å². The van der Waals surface area contributed by atoms with Gasteiger partial charge >= 0.3 is 5.97 Å². The van der Waals surface area contributed by atoms with Crippen molar-refractivity contribution in [1.82, 2.24) is 16.2 Å². The number of esters is 1. The molecular weight excluding hydrogens is 346 g/mol. The van der Waals surface area contributed by atoms with E-state index in [0.717, 1.165) is 0 Å². The average Bonchev–Trinajstić information content (AvgIpc) is 2.46. The van der Waals surface area contributed by atoms with E-state index < -0.39 is 23.5 Å². The Morgan fingerprint density at radius 2 is 1.67 bits per heavy atom. The summed E-state index contributed by atoms with van der Waals surface area (Å²) >= 11 is 0. The van der Waals surface area contributed by atoms with Gasteiger partial charge in [-0.05, 0) is 31.8 Å². The molecule has 0 spiro atoms. The van der Waals surface area contributed by atoms with Crippen LogP contribution < -0.4 is 16.2 Å². The molecule has 3 N–H and O–H groups in total. The molecule has 0 rings (SSSR count). The third-order valence-electron chi connectivity index (χ3n) is 3.00. The first-order chi connectivity index (χ1) is 12.3. The average molecular weight is 380 g/mol. The molecule has 0 aromatic carbocycles. The molecule has 0 aromatic heterocycles. The molecule has 0 heterocycles. The Kier molecular flexibility index (Phi) is 9.72. The summed E-state index contributed by atoms with van der Waals surface area (Å²) in [4.78, 5) is 36.5. The molecule has 0 saturated carbocycles. The Hall–Kier alpha value is -2.41. The van der Waals surface area contributed by atoms with Crippen LogP contribution in [0.5, 0.6) is 0 Å². The molecule has 7 heteroatoms. The highest BCUT2D eigenvalue weighted by atomic mass is 16.6. The van der Waals surface area contributed by atoms with Gasteiger partial charge in [-0.25, -0.2) is 5.43 Å². The van der Waals surface area contributed by atoms with Crippen molar-refractivity contribution < 1.29 is 19.1 Å². The Morgan fingerprint density at radius 3 is 2.11 bits per heavy atom. The fourth-order valence-corrected chi connectivity index (χ4v) is 2.07. The van der Waals surface area contributed by atoms with Crippen LogP contribution >= 0.6 is 0 Å². The van der Waals surface area contributed by atoms with Gasteiger partial charge in [0.15, 0.2) is 0 Å². The van der Waals surface area contributed by atoms with E-state index in [1.54, 1.807) is 26.8 Å². The first-order valence-corrected chi connectivity index (χ1v) is 8.78. The number of allylic oxidation sites excluding steroid dienone is 2. The number of rotatable bonds is 9. The Balaban J connectivity index is 5.01. The molecule has 1 unspecified atom stereocenters. The number of amides is 2. The van der Waals surface area contributed by atoms with Crippen molar-refractivity contribution in [3.8, 4) is 0 Å². The Morgan fingerprint density at radius 1 is 1.07 bits per heavy atom. The fourth-order valence-electron chi connectivity index (χ4n) is 2.07. The molecule has 0 bridgehead atoms. The van der Waals surface area contributed by atoms with Gasteiger partial charge in [-0.1, -0.05) is 52.2 Å². The summed E-state index contributed by atoms with van der Waals surface area (Å²) in [5.41, 5.74) is 4.57. The number of hydrogen-bond acceptors (Lipinski definition) is 5. The number of nitrogens with one attached hydrogen (secondary N) is 3.